The van der Waals surface area contributed by atoms with Crippen LogP contribution in [0.5, 0.6) is 0 Å². The van der Waals surface area contributed by atoms with Gasteiger partial charge in [0.25, 0.3) is 0 Å². The SMILES string of the molecule is O=CC(=O)C1CC(O)CN1Cc1ccccc1. The molecule has 2 rings (SSSR count). The summed E-state index contributed by atoms with van der Waals surface area (Å²) in [4.78, 5) is 23.8. The lowest BCUT2D eigenvalue weighted by molar-refractivity contribution is -0.133. The van der Waals surface area contributed by atoms with Crippen LogP contribution in [0, 0.1) is 0 Å². The fraction of sp³-hybridized carbons (Fsp3) is 0.385. The van der Waals surface area contributed by atoms with E-state index in [1.54, 1.807) is 0 Å². The predicted octanol–water partition coefficient (Wildman–Crippen LogP) is 0.390. The topological polar surface area (TPSA) is 57.6 Å². The van der Waals surface area contributed by atoms with Gasteiger partial charge in [-0.1, -0.05) is 30.3 Å². The lowest BCUT2D eigenvalue weighted by atomic mass is 10.1. The van der Waals surface area contributed by atoms with Gasteiger partial charge in [0.15, 0.2) is 6.29 Å². The summed E-state index contributed by atoms with van der Waals surface area (Å²) in [6.45, 7) is 1.03. The molecule has 1 saturated heterocycles. The number of benzene rings is 1. The smallest absolute Gasteiger partial charge is 0.212 e. The van der Waals surface area contributed by atoms with Gasteiger partial charge in [0.1, 0.15) is 0 Å². The minimum atomic E-state index is -0.521. The maximum atomic E-state index is 11.4. The average molecular weight is 233 g/mol. The van der Waals surface area contributed by atoms with Crippen molar-refractivity contribution in [2.45, 2.75) is 25.1 Å². The molecule has 0 aliphatic carbocycles. The maximum absolute atomic E-state index is 11.4. The number of hydrogen-bond donors (Lipinski definition) is 1. The van der Waals surface area contributed by atoms with E-state index in [0.29, 0.717) is 25.8 Å². The Morgan fingerprint density at radius 2 is 2.12 bits per heavy atom. The molecule has 0 spiro atoms. The molecule has 0 bridgehead atoms. The van der Waals surface area contributed by atoms with Crippen molar-refractivity contribution in [2.75, 3.05) is 6.54 Å². The Morgan fingerprint density at radius 3 is 2.76 bits per heavy atom. The number of nitrogens with zero attached hydrogens (tertiary/aromatic N) is 1. The molecule has 17 heavy (non-hydrogen) atoms. The molecule has 2 atom stereocenters. The fourth-order valence-corrected chi connectivity index (χ4v) is 2.25. The Balaban J connectivity index is 2.08. The van der Waals surface area contributed by atoms with Crippen molar-refractivity contribution < 1.29 is 14.7 Å². The monoisotopic (exact) mass is 233 g/mol. The molecule has 4 nitrogen and oxygen atoms in total. The highest BCUT2D eigenvalue weighted by atomic mass is 16.3. The molecule has 1 heterocycles. The van der Waals surface area contributed by atoms with Crippen molar-refractivity contribution in [1.82, 2.24) is 4.90 Å². The fourth-order valence-electron chi connectivity index (χ4n) is 2.25. The number of aldehydes is 1. The van der Waals surface area contributed by atoms with E-state index in [9.17, 15) is 14.7 Å². The number of hydrogen-bond acceptors (Lipinski definition) is 4. The summed E-state index contributed by atoms with van der Waals surface area (Å²) in [5.41, 5.74) is 1.07. The van der Waals surface area contributed by atoms with Crippen molar-refractivity contribution in [3.8, 4) is 0 Å². The zero-order valence-electron chi connectivity index (χ0n) is 9.45. The Kier molecular flexibility index (Phi) is 3.66. The van der Waals surface area contributed by atoms with Crippen LogP contribution in [0.25, 0.3) is 0 Å². The van der Waals surface area contributed by atoms with Crippen LogP contribution < -0.4 is 0 Å². The molecule has 1 fully saturated rings. The molecule has 0 aromatic heterocycles. The van der Waals surface area contributed by atoms with Gasteiger partial charge in [-0.2, -0.15) is 0 Å². The number of carbonyl (C=O) groups is 2. The van der Waals surface area contributed by atoms with Crippen LogP contribution in [-0.2, 0) is 16.1 Å². The summed E-state index contributed by atoms with van der Waals surface area (Å²) in [7, 11) is 0. The summed E-state index contributed by atoms with van der Waals surface area (Å²) in [6.07, 6.45) is 0.179. The molecule has 0 radical (unpaired) electrons. The quantitative estimate of drug-likeness (QED) is 0.603. The standard InChI is InChI=1S/C13H15NO3/c15-9-13(17)12-6-11(16)8-14(12)7-10-4-2-1-3-5-10/h1-5,9,11-12,16H,6-8H2. The van der Waals surface area contributed by atoms with Crippen LogP contribution in [-0.4, -0.2) is 40.8 Å². The first-order valence-electron chi connectivity index (χ1n) is 5.66. The average Bonchev–Trinajstić information content (AvgIpc) is 2.70. The molecule has 4 heteroatoms. The summed E-state index contributed by atoms with van der Waals surface area (Å²) in [5.74, 6) is -0.447. The number of Topliss-reactive ketones (excluding diaryl/α,β-unsaturated/α-hetero) is 1. The first-order chi connectivity index (χ1) is 8.20. The van der Waals surface area contributed by atoms with Crippen molar-refractivity contribution in [1.29, 1.82) is 0 Å². The van der Waals surface area contributed by atoms with Crippen molar-refractivity contribution >= 4 is 12.1 Å². The van der Waals surface area contributed by atoms with Gasteiger partial charge in [-0.25, -0.2) is 0 Å². The predicted molar refractivity (Wildman–Crippen MR) is 62.3 cm³/mol. The van der Waals surface area contributed by atoms with Crippen molar-refractivity contribution in [3.05, 3.63) is 35.9 Å². The van der Waals surface area contributed by atoms with E-state index in [2.05, 4.69) is 0 Å². The number of β-amino-alcohol motifs (C(OH)–C–C–N with tert-alkyl or cyclic N) is 1. The number of rotatable bonds is 4. The van der Waals surface area contributed by atoms with Crippen LogP contribution in [0.4, 0.5) is 0 Å². The van der Waals surface area contributed by atoms with Gasteiger partial charge in [-0.05, 0) is 12.0 Å². The second kappa shape index (κ2) is 5.21. The van der Waals surface area contributed by atoms with Crippen LogP contribution >= 0.6 is 0 Å². The van der Waals surface area contributed by atoms with Gasteiger partial charge in [0.2, 0.25) is 5.78 Å². The number of carbonyl (C=O) groups excluding carboxylic acids is 2. The van der Waals surface area contributed by atoms with Gasteiger partial charge >= 0.3 is 0 Å². The molecule has 1 aliphatic heterocycles. The Hall–Kier alpha value is -1.52. The highest BCUT2D eigenvalue weighted by Crippen LogP contribution is 2.20. The third-order valence-electron chi connectivity index (χ3n) is 3.05. The first kappa shape index (κ1) is 12.0. The van der Waals surface area contributed by atoms with E-state index in [1.807, 2.05) is 35.2 Å². The highest BCUT2D eigenvalue weighted by Gasteiger charge is 2.35. The van der Waals surface area contributed by atoms with Crippen molar-refractivity contribution in [3.63, 3.8) is 0 Å². The molecule has 1 aromatic carbocycles. The zero-order valence-corrected chi connectivity index (χ0v) is 9.45. The van der Waals surface area contributed by atoms with E-state index in [4.69, 9.17) is 0 Å². The van der Waals surface area contributed by atoms with Gasteiger partial charge in [-0.15, -0.1) is 0 Å². The Morgan fingerprint density at radius 1 is 1.41 bits per heavy atom. The summed E-state index contributed by atoms with van der Waals surface area (Å²) < 4.78 is 0. The minimum absolute atomic E-state index is 0.348. The molecule has 1 aromatic rings. The molecule has 2 unspecified atom stereocenters. The van der Waals surface area contributed by atoms with Crippen LogP contribution in [0.1, 0.15) is 12.0 Å². The Bertz CT molecular complexity index is 404. The largest absolute Gasteiger partial charge is 0.392 e. The minimum Gasteiger partial charge on any atom is -0.392 e. The second-order valence-corrected chi connectivity index (χ2v) is 4.34. The highest BCUT2D eigenvalue weighted by molar-refractivity contribution is 6.27. The molecule has 1 aliphatic rings. The zero-order chi connectivity index (χ0) is 12.3. The maximum Gasteiger partial charge on any atom is 0.212 e. The van der Waals surface area contributed by atoms with E-state index < -0.39 is 17.9 Å². The molecule has 1 N–H and O–H groups in total. The van der Waals surface area contributed by atoms with Gasteiger partial charge in [0.05, 0.1) is 12.1 Å². The van der Waals surface area contributed by atoms with Crippen molar-refractivity contribution in [2.24, 2.45) is 0 Å². The van der Waals surface area contributed by atoms with Gasteiger partial charge < -0.3 is 5.11 Å². The molecule has 0 amide bonds. The summed E-state index contributed by atoms with van der Waals surface area (Å²) >= 11 is 0. The molecule has 90 valence electrons. The van der Waals surface area contributed by atoms with Crippen LogP contribution in [0.2, 0.25) is 0 Å². The van der Waals surface area contributed by atoms with E-state index in [0.717, 1.165) is 5.56 Å². The lowest BCUT2D eigenvalue weighted by Crippen LogP contribution is -2.36. The number of ketones is 1. The summed E-state index contributed by atoms with van der Waals surface area (Å²) in [6, 6.07) is 9.25. The second-order valence-electron chi connectivity index (χ2n) is 4.34. The third kappa shape index (κ3) is 2.78. The number of likely N-dealkylation sites (tertiary alicyclic amines) is 1. The molecular weight excluding hydrogens is 218 g/mol. The Labute approximate surface area is 99.9 Å². The van der Waals surface area contributed by atoms with Crippen LogP contribution in [0.15, 0.2) is 30.3 Å². The van der Waals surface area contributed by atoms with Gasteiger partial charge in [-0.3, -0.25) is 14.5 Å². The number of aliphatic hydroxyl groups is 1. The molecule has 0 saturated carbocycles. The lowest BCUT2D eigenvalue weighted by Gasteiger charge is -2.21. The molecular formula is C13H15NO3. The third-order valence-corrected chi connectivity index (χ3v) is 3.05. The first-order valence-corrected chi connectivity index (χ1v) is 5.66. The van der Waals surface area contributed by atoms with Gasteiger partial charge in [0, 0.05) is 13.1 Å². The normalized spacial score (nSPS) is 24.8. The van der Waals surface area contributed by atoms with E-state index >= 15 is 0 Å². The number of aliphatic hydroxyl groups excluding tert-OH is 1. The summed E-state index contributed by atoms with van der Waals surface area (Å²) in [5, 5.41) is 9.58. The van der Waals surface area contributed by atoms with E-state index in [-0.39, 0.29) is 0 Å². The van der Waals surface area contributed by atoms with Crippen LogP contribution in [0.3, 0.4) is 0 Å². The van der Waals surface area contributed by atoms with E-state index in [1.165, 1.54) is 0 Å².